The molecule has 3 atom stereocenters. The number of nitrogens with one attached hydrogen (secondary N) is 1. The molecule has 0 bridgehead atoms. The Labute approximate surface area is 300 Å². The zero-order chi connectivity index (χ0) is 36.8. The van der Waals surface area contributed by atoms with Crippen molar-refractivity contribution >= 4 is 51.0 Å². The Morgan fingerprint density at radius 1 is 1.08 bits per heavy atom. The van der Waals surface area contributed by atoms with Crippen LogP contribution in [0.25, 0.3) is 9.81 Å². The number of carbonyl (C=O) groups is 1. The predicted molar refractivity (Wildman–Crippen MR) is 208 cm³/mol. The maximum atomic E-state index is 11.2. The van der Waals surface area contributed by atoms with Gasteiger partial charge in [-0.25, -0.2) is 4.79 Å². The number of halogens is 1. The van der Waals surface area contributed by atoms with Gasteiger partial charge in [-0.15, -0.1) is 0 Å². The van der Waals surface area contributed by atoms with Crippen LogP contribution in [0, 0.1) is 6.92 Å². The lowest BCUT2D eigenvalue weighted by molar-refractivity contribution is 0.218. The van der Waals surface area contributed by atoms with E-state index in [4.69, 9.17) is 40.3 Å². The molecule has 2 aliphatic carbocycles. The Bertz CT molecular complexity index is 1520. The van der Waals surface area contributed by atoms with Crippen LogP contribution in [0.4, 0.5) is 4.79 Å². The molecule has 0 aromatic heterocycles. The van der Waals surface area contributed by atoms with Gasteiger partial charge in [-0.3, -0.25) is 0 Å². The second-order valence-electron chi connectivity index (χ2n) is 11.5. The van der Waals surface area contributed by atoms with E-state index in [2.05, 4.69) is 31.3 Å². The van der Waals surface area contributed by atoms with Gasteiger partial charge in [0.15, 0.2) is 0 Å². The monoisotopic (exact) mass is 718 g/mol. The van der Waals surface area contributed by atoms with Gasteiger partial charge in [0.05, 0.1) is 10.1 Å². The Morgan fingerprint density at radius 2 is 1.71 bits per heavy atom. The summed E-state index contributed by atoms with van der Waals surface area (Å²) in [7, 11) is 0. The summed E-state index contributed by atoms with van der Waals surface area (Å²) < 4.78 is 0. The molecule has 9 nitrogen and oxygen atoms in total. The molecular weight excluding hydrogens is 664 g/mol. The first-order chi connectivity index (χ1) is 22.5. The largest absolute Gasteiger partial charge is 0.393 e. The minimum atomic E-state index is -1.19. The van der Waals surface area contributed by atoms with E-state index in [0.29, 0.717) is 22.1 Å². The Kier molecular flexibility index (Phi) is 18.7. The Hall–Kier alpha value is -2.74. The number of primary amides is 1. The van der Waals surface area contributed by atoms with E-state index in [0.717, 1.165) is 61.1 Å². The first-order valence-corrected chi connectivity index (χ1v) is 18.1. The molecule has 0 radical (unpaired) electrons. The van der Waals surface area contributed by atoms with Crippen LogP contribution in [0.5, 0.6) is 0 Å². The number of amides is 2. The number of urea groups is 1. The Balaban J connectivity index is 0.000000431. The number of hydrogen-bond donors (Lipinski definition) is 8. The summed E-state index contributed by atoms with van der Waals surface area (Å²) in [6, 6.07) is 11.3. The Morgan fingerprint density at radius 3 is 2.27 bits per heavy atom. The van der Waals surface area contributed by atoms with Crippen LogP contribution in [0.15, 0.2) is 69.8 Å². The highest BCUT2D eigenvalue weighted by Crippen LogP contribution is 2.46. The second-order valence-corrected chi connectivity index (χ2v) is 14.1. The van der Waals surface area contributed by atoms with E-state index in [1.807, 2.05) is 65.0 Å². The molecule has 4 rings (SSSR count). The third-order valence-electron chi connectivity index (χ3n) is 7.00. The molecule has 2 aromatic carbocycles. The molecule has 2 amide bonds. The third-order valence-corrected chi connectivity index (χ3v) is 9.73. The van der Waals surface area contributed by atoms with Gasteiger partial charge in [0.2, 0.25) is 0 Å². The number of carbonyl (C=O) groups excluding carboxylic acids is 1. The quantitative estimate of drug-likeness (QED) is 0.138. The fourth-order valence-corrected chi connectivity index (χ4v) is 7.27. The molecule has 0 heterocycles. The van der Waals surface area contributed by atoms with Crippen molar-refractivity contribution in [1.82, 2.24) is 5.32 Å². The van der Waals surface area contributed by atoms with Crippen molar-refractivity contribution in [3.63, 3.8) is 0 Å². The minimum Gasteiger partial charge on any atom is -0.393 e. The molecule has 2 aliphatic rings. The van der Waals surface area contributed by atoms with Gasteiger partial charge in [0, 0.05) is 20.4 Å². The van der Waals surface area contributed by atoms with Gasteiger partial charge < -0.3 is 44.2 Å². The van der Waals surface area contributed by atoms with Crippen LogP contribution < -0.4 is 34.0 Å². The molecule has 13 N–H and O–H groups in total. The maximum absolute atomic E-state index is 11.2. The van der Waals surface area contributed by atoms with Crippen LogP contribution in [-0.4, -0.2) is 28.7 Å². The number of fused-ring (bicyclic) bond motifs is 2. The number of aliphatic hydroxyl groups is 2. The fourth-order valence-electron chi connectivity index (χ4n) is 4.87. The topological polar surface area (TPSA) is 200 Å². The first kappa shape index (κ1) is 43.3. The summed E-state index contributed by atoms with van der Waals surface area (Å²) in [5.41, 5.74) is 35.2. The lowest BCUT2D eigenvalue weighted by atomic mass is 9.78. The number of rotatable bonds is 7. The van der Waals surface area contributed by atoms with Crippen molar-refractivity contribution in [2.45, 2.75) is 99.1 Å². The molecule has 0 fully saturated rings. The van der Waals surface area contributed by atoms with E-state index in [1.54, 1.807) is 6.92 Å². The average Bonchev–Trinajstić information content (AvgIpc) is 3.00. The molecule has 266 valence electrons. The van der Waals surface area contributed by atoms with Crippen molar-refractivity contribution in [2.24, 2.45) is 28.7 Å². The SMILES string of the molecule is C/C(=C(/N)SC1=CCCc2c(Cl)cccc21)C(N)O.CC.CC1=C(S/C(=C/C(N)O)NC(N)=O)c2cc(C)ccc2C(C)(N)C1.CCC. The molecular formula is C36H55ClN6O3S2. The van der Waals surface area contributed by atoms with E-state index >= 15 is 0 Å². The first-order valence-electron chi connectivity index (χ1n) is 16.1. The molecule has 12 heteroatoms. The fraction of sp³-hybridized carbons (Fsp3) is 0.417. The van der Waals surface area contributed by atoms with E-state index < -0.39 is 24.0 Å². The minimum absolute atomic E-state index is 0.389. The molecule has 3 unspecified atom stereocenters. The van der Waals surface area contributed by atoms with Crippen molar-refractivity contribution < 1.29 is 15.0 Å². The van der Waals surface area contributed by atoms with Crippen LogP contribution in [0.1, 0.15) is 95.5 Å². The highest BCUT2D eigenvalue weighted by atomic mass is 35.5. The number of aliphatic hydroxyl groups excluding tert-OH is 2. The predicted octanol–water partition coefficient (Wildman–Crippen LogP) is 7.09. The van der Waals surface area contributed by atoms with E-state index in [1.165, 1.54) is 36.0 Å². The highest BCUT2D eigenvalue weighted by molar-refractivity contribution is 8.12. The van der Waals surface area contributed by atoms with Crippen molar-refractivity contribution in [1.29, 1.82) is 0 Å². The molecule has 0 saturated carbocycles. The van der Waals surface area contributed by atoms with Gasteiger partial charge in [-0.05, 0) is 86.9 Å². The molecule has 0 spiro atoms. The molecule has 0 aliphatic heterocycles. The van der Waals surface area contributed by atoms with Crippen molar-refractivity contribution in [3.8, 4) is 0 Å². The van der Waals surface area contributed by atoms with E-state index in [9.17, 15) is 15.0 Å². The normalized spacial score (nSPS) is 18.5. The van der Waals surface area contributed by atoms with Crippen LogP contribution >= 0.6 is 35.1 Å². The van der Waals surface area contributed by atoms with Gasteiger partial charge in [-0.2, -0.15) is 0 Å². The van der Waals surface area contributed by atoms with Crippen molar-refractivity contribution in [2.75, 3.05) is 0 Å². The summed E-state index contributed by atoms with van der Waals surface area (Å²) in [4.78, 5) is 13.3. The summed E-state index contributed by atoms with van der Waals surface area (Å²) in [6.07, 6.45) is 5.11. The summed E-state index contributed by atoms with van der Waals surface area (Å²) in [6.45, 7) is 16.0. The number of thioether (sulfide) groups is 2. The summed E-state index contributed by atoms with van der Waals surface area (Å²) >= 11 is 8.96. The lowest BCUT2D eigenvalue weighted by Gasteiger charge is -2.35. The summed E-state index contributed by atoms with van der Waals surface area (Å²) in [5.74, 6) is 0. The smallest absolute Gasteiger partial charge is 0.317 e. The van der Waals surface area contributed by atoms with Crippen LogP contribution in [-0.2, 0) is 12.0 Å². The van der Waals surface area contributed by atoms with Gasteiger partial charge >= 0.3 is 6.03 Å². The number of hydrogen-bond acceptors (Lipinski definition) is 9. The summed E-state index contributed by atoms with van der Waals surface area (Å²) in [5, 5.41) is 23.0. The zero-order valence-electron chi connectivity index (χ0n) is 29.5. The van der Waals surface area contributed by atoms with Gasteiger partial charge in [0.1, 0.15) is 12.5 Å². The molecule has 2 aromatic rings. The second kappa shape index (κ2) is 20.7. The standard InChI is InChI=1S/C17H24N4O2S.C14H17ClN2OS.C3H8.C2H6/c1-9-4-5-12-11(6-9)15(10(2)8-17(12,3)20)24-14(7-13(18)22)21-16(19)23;1-8(13(16)18)14(17)19-12-7-3-4-9-10(12)5-2-6-11(9)15;1-3-2;1-2/h4-7,13,22H,8,18,20H2,1-3H3,(H3,19,21,23);2,5-7,13,18H,3-4,16-17H2,1H3;3H2,1-2H3;1-2H3/b14-7+;14-8+;;. The van der Waals surface area contributed by atoms with Gasteiger partial charge in [-0.1, -0.05) is 117 Å². The van der Waals surface area contributed by atoms with Gasteiger partial charge in [0.25, 0.3) is 0 Å². The zero-order valence-corrected chi connectivity index (χ0v) is 31.9. The molecule has 0 saturated heterocycles. The number of nitrogens with two attached hydrogens (primary N) is 5. The van der Waals surface area contributed by atoms with Crippen molar-refractivity contribution in [3.05, 3.63) is 103 Å². The maximum Gasteiger partial charge on any atom is 0.317 e. The van der Waals surface area contributed by atoms with E-state index in [-0.39, 0.29) is 0 Å². The highest BCUT2D eigenvalue weighted by Gasteiger charge is 2.32. The average molecular weight is 719 g/mol. The third kappa shape index (κ3) is 12.9. The van der Waals surface area contributed by atoms with Crippen LogP contribution in [0.2, 0.25) is 5.02 Å². The number of benzene rings is 2. The number of aryl methyl sites for hydroxylation is 1. The molecule has 48 heavy (non-hydrogen) atoms. The van der Waals surface area contributed by atoms with Crippen LogP contribution in [0.3, 0.4) is 0 Å². The number of allylic oxidation sites excluding steroid dienone is 1. The lowest BCUT2D eigenvalue weighted by Crippen LogP contribution is -2.36.